The van der Waals surface area contributed by atoms with E-state index >= 15 is 0 Å². The molecule has 2 amide bonds. The second-order valence-corrected chi connectivity index (χ2v) is 11.0. The zero-order chi connectivity index (χ0) is 29.6. The summed E-state index contributed by atoms with van der Waals surface area (Å²) in [5.41, 5.74) is 8.01. The highest BCUT2D eigenvalue weighted by atomic mass is 19.1. The third kappa shape index (κ3) is 8.34. The first-order valence-electron chi connectivity index (χ1n) is 13.2. The summed E-state index contributed by atoms with van der Waals surface area (Å²) in [5.74, 6) is -2.64. The van der Waals surface area contributed by atoms with Gasteiger partial charge >= 0.3 is 0 Å². The van der Waals surface area contributed by atoms with Crippen molar-refractivity contribution in [3.63, 3.8) is 0 Å². The highest BCUT2D eigenvalue weighted by Crippen LogP contribution is 2.26. The maximum absolute atomic E-state index is 13.7. The smallest absolute Gasteiger partial charge is 0.258 e. The normalized spacial score (nSPS) is 13.0. The van der Waals surface area contributed by atoms with Crippen molar-refractivity contribution in [2.75, 3.05) is 11.9 Å². The minimum absolute atomic E-state index is 0.0172. The van der Waals surface area contributed by atoms with Crippen LogP contribution in [0.2, 0.25) is 0 Å². The van der Waals surface area contributed by atoms with E-state index in [0.717, 1.165) is 35.7 Å². The van der Waals surface area contributed by atoms with Gasteiger partial charge in [0.2, 0.25) is 5.91 Å². The fraction of sp³-hybridized carbons (Fsp3) is 0.355. The molecule has 3 rings (SSSR count). The number of halogens is 2. The van der Waals surface area contributed by atoms with Crippen molar-refractivity contribution in [3.8, 4) is 5.75 Å². The molecule has 40 heavy (non-hydrogen) atoms. The predicted octanol–water partition coefficient (Wildman–Crippen LogP) is 4.79. The zero-order valence-electron chi connectivity index (χ0n) is 23.2. The molecule has 0 aliphatic carbocycles. The predicted molar refractivity (Wildman–Crippen MR) is 151 cm³/mol. The summed E-state index contributed by atoms with van der Waals surface area (Å²) in [6.45, 7) is 7.20. The molecule has 0 unspecified atom stereocenters. The number of hydrogen-bond acceptors (Lipinski definition) is 5. The van der Waals surface area contributed by atoms with Crippen LogP contribution in [0.15, 0.2) is 60.7 Å². The Morgan fingerprint density at radius 1 is 0.975 bits per heavy atom. The first-order valence-corrected chi connectivity index (χ1v) is 13.2. The lowest BCUT2D eigenvalue weighted by molar-refractivity contribution is -0.123. The van der Waals surface area contributed by atoms with Gasteiger partial charge in [-0.3, -0.25) is 9.59 Å². The van der Waals surface area contributed by atoms with Crippen LogP contribution in [-0.4, -0.2) is 45.6 Å². The van der Waals surface area contributed by atoms with E-state index in [2.05, 4.69) is 5.32 Å². The SMILES string of the molecule is CCc1cccc(CN(C[C@@H](O)[C@@H](N)Cc2cc(F)cc(F)c2)C(=O)c2ccc(NC(=O)C(C)(C)C)cc2O)c1. The van der Waals surface area contributed by atoms with Gasteiger partial charge in [-0.25, -0.2) is 8.78 Å². The maximum Gasteiger partial charge on any atom is 0.258 e. The van der Waals surface area contributed by atoms with Crippen molar-refractivity contribution in [3.05, 3.63) is 94.6 Å². The molecule has 0 saturated carbocycles. The van der Waals surface area contributed by atoms with Gasteiger partial charge in [0.15, 0.2) is 0 Å². The summed E-state index contributed by atoms with van der Waals surface area (Å²) in [5, 5.41) is 24.4. The lowest BCUT2D eigenvalue weighted by Crippen LogP contribution is -2.46. The topological polar surface area (TPSA) is 116 Å². The Bertz CT molecular complexity index is 1340. The van der Waals surface area contributed by atoms with E-state index < -0.39 is 35.1 Å². The van der Waals surface area contributed by atoms with Crippen LogP contribution in [0.25, 0.3) is 0 Å². The average molecular weight is 554 g/mol. The van der Waals surface area contributed by atoms with E-state index in [1.165, 1.54) is 23.1 Å². The number of aryl methyl sites for hydroxylation is 1. The molecule has 0 aromatic heterocycles. The molecule has 0 bridgehead atoms. The fourth-order valence-corrected chi connectivity index (χ4v) is 4.16. The van der Waals surface area contributed by atoms with Crippen molar-refractivity contribution in [1.82, 2.24) is 4.90 Å². The van der Waals surface area contributed by atoms with E-state index in [1.807, 2.05) is 31.2 Å². The molecule has 0 saturated heterocycles. The summed E-state index contributed by atoms with van der Waals surface area (Å²) >= 11 is 0. The van der Waals surface area contributed by atoms with Crippen molar-refractivity contribution in [2.45, 2.75) is 59.2 Å². The van der Waals surface area contributed by atoms with E-state index in [-0.39, 0.29) is 42.3 Å². The lowest BCUT2D eigenvalue weighted by Gasteiger charge is -2.29. The highest BCUT2D eigenvalue weighted by Gasteiger charge is 2.26. The minimum atomic E-state index is -1.24. The summed E-state index contributed by atoms with van der Waals surface area (Å²) in [7, 11) is 0. The molecular weight excluding hydrogens is 516 g/mol. The summed E-state index contributed by atoms with van der Waals surface area (Å²) < 4.78 is 27.3. The molecule has 9 heteroatoms. The molecule has 0 heterocycles. The number of aliphatic hydroxyl groups is 1. The molecule has 7 nitrogen and oxygen atoms in total. The first-order chi connectivity index (χ1) is 18.8. The monoisotopic (exact) mass is 553 g/mol. The number of aliphatic hydroxyl groups excluding tert-OH is 1. The van der Waals surface area contributed by atoms with E-state index in [0.29, 0.717) is 5.69 Å². The van der Waals surface area contributed by atoms with Crippen LogP contribution in [0.4, 0.5) is 14.5 Å². The van der Waals surface area contributed by atoms with Gasteiger partial charge in [-0.05, 0) is 53.8 Å². The fourth-order valence-electron chi connectivity index (χ4n) is 4.16. The highest BCUT2D eigenvalue weighted by molar-refractivity contribution is 5.99. The number of nitrogens with two attached hydrogens (primary N) is 1. The Hall–Kier alpha value is -3.82. The van der Waals surface area contributed by atoms with Gasteiger partial charge in [0, 0.05) is 42.4 Å². The largest absolute Gasteiger partial charge is 0.507 e. The van der Waals surface area contributed by atoms with Crippen LogP contribution in [0, 0.1) is 17.0 Å². The van der Waals surface area contributed by atoms with E-state index in [9.17, 15) is 28.6 Å². The number of carbonyl (C=O) groups is 2. The van der Waals surface area contributed by atoms with Crippen LogP contribution in [0.3, 0.4) is 0 Å². The number of phenolic OH excluding ortho intramolecular Hbond substituents is 1. The molecule has 0 radical (unpaired) electrons. The van der Waals surface area contributed by atoms with Crippen molar-refractivity contribution >= 4 is 17.5 Å². The molecule has 0 aliphatic heterocycles. The Labute approximate surface area is 233 Å². The number of hydrogen-bond donors (Lipinski definition) is 4. The third-order valence-corrected chi connectivity index (χ3v) is 6.52. The minimum Gasteiger partial charge on any atom is -0.507 e. The number of rotatable bonds is 10. The summed E-state index contributed by atoms with van der Waals surface area (Å²) in [6, 6.07) is 14.0. The van der Waals surface area contributed by atoms with Gasteiger partial charge in [0.1, 0.15) is 17.4 Å². The molecule has 3 aromatic rings. The number of benzene rings is 3. The Morgan fingerprint density at radius 3 is 2.23 bits per heavy atom. The van der Waals surface area contributed by atoms with Gasteiger partial charge in [-0.2, -0.15) is 0 Å². The summed E-state index contributed by atoms with van der Waals surface area (Å²) in [6.07, 6.45) is -0.462. The molecule has 0 spiro atoms. The number of nitrogens with zero attached hydrogens (tertiary/aromatic N) is 1. The van der Waals surface area contributed by atoms with E-state index in [1.54, 1.807) is 20.8 Å². The van der Waals surface area contributed by atoms with Crippen LogP contribution in [0.5, 0.6) is 5.75 Å². The van der Waals surface area contributed by atoms with Gasteiger partial charge in [0.05, 0.1) is 11.7 Å². The van der Waals surface area contributed by atoms with E-state index in [4.69, 9.17) is 5.73 Å². The quantitative estimate of drug-likeness (QED) is 0.288. The van der Waals surface area contributed by atoms with Crippen molar-refractivity contribution < 1.29 is 28.6 Å². The lowest BCUT2D eigenvalue weighted by atomic mass is 9.95. The molecular formula is C31H37F2N3O4. The molecule has 214 valence electrons. The van der Waals surface area contributed by atoms with Gasteiger partial charge in [-0.1, -0.05) is 52.0 Å². The van der Waals surface area contributed by atoms with Crippen molar-refractivity contribution in [2.24, 2.45) is 11.1 Å². The number of nitrogens with one attached hydrogen (secondary N) is 1. The Kier molecular flexibility index (Phi) is 10.0. The standard InChI is InChI=1S/C31H37F2N3O4/c1-5-19-7-6-8-20(11-19)17-36(18-28(38)26(34)14-21-12-22(32)15-23(33)13-21)29(39)25-10-9-24(16-27(25)37)35-30(40)31(2,3)4/h6-13,15-16,26,28,37-38H,5,14,17-18,34H2,1-4H3,(H,35,40)/t26-,28+/m0/s1. The number of amides is 2. The van der Waals surface area contributed by atoms with Crippen LogP contribution in [0.1, 0.15) is 54.7 Å². The van der Waals surface area contributed by atoms with Crippen LogP contribution < -0.4 is 11.1 Å². The Morgan fingerprint density at radius 2 is 1.62 bits per heavy atom. The average Bonchev–Trinajstić information content (AvgIpc) is 2.87. The molecule has 5 N–H and O–H groups in total. The Balaban J connectivity index is 1.85. The summed E-state index contributed by atoms with van der Waals surface area (Å²) in [4.78, 5) is 27.4. The number of carbonyl (C=O) groups excluding carboxylic acids is 2. The first kappa shape index (κ1) is 30.7. The van der Waals surface area contributed by atoms with Crippen molar-refractivity contribution in [1.29, 1.82) is 0 Å². The molecule has 0 fully saturated rings. The second-order valence-electron chi connectivity index (χ2n) is 11.0. The van der Waals surface area contributed by atoms with Crippen LogP contribution in [-0.2, 0) is 24.2 Å². The van der Waals surface area contributed by atoms with Gasteiger partial charge in [0.25, 0.3) is 5.91 Å². The number of anilines is 1. The number of phenols is 1. The van der Waals surface area contributed by atoms with Crippen LogP contribution >= 0.6 is 0 Å². The second kappa shape index (κ2) is 13.0. The number of aromatic hydroxyl groups is 1. The zero-order valence-corrected chi connectivity index (χ0v) is 23.2. The molecule has 3 aromatic carbocycles. The molecule has 0 aliphatic rings. The van der Waals surface area contributed by atoms with Gasteiger partial charge < -0.3 is 26.2 Å². The van der Waals surface area contributed by atoms with Gasteiger partial charge in [-0.15, -0.1) is 0 Å². The third-order valence-electron chi connectivity index (χ3n) is 6.52. The maximum atomic E-state index is 13.7. The molecule has 2 atom stereocenters.